The van der Waals surface area contributed by atoms with Crippen LogP contribution in [0.5, 0.6) is 5.75 Å². The third-order valence-electron chi connectivity index (χ3n) is 3.77. The van der Waals surface area contributed by atoms with Gasteiger partial charge in [-0.2, -0.15) is 0 Å². The molecule has 0 unspecified atom stereocenters. The fourth-order valence-electron chi connectivity index (χ4n) is 2.42. The van der Waals surface area contributed by atoms with Crippen molar-refractivity contribution in [2.24, 2.45) is 5.84 Å². The van der Waals surface area contributed by atoms with Crippen LogP contribution in [0.4, 0.5) is 5.95 Å². The number of nitrogens with zero attached hydrogens (tertiary/aromatic N) is 2. The van der Waals surface area contributed by atoms with Crippen molar-refractivity contribution >= 4 is 11.9 Å². The van der Waals surface area contributed by atoms with Crippen LogP contribution < -0.4 is 21.7 Å². The van der Waals surface area contributed by atoms with Crippen LogP contribution in [-0.2, 0) is 0 Å². The van der Waals surface area contributed by atoms with Crippen LogP contribution in [0.1, 0.15) is 49.5 Å². The van der Waals surface area contributed by atoms with E-state index >= 15 is 0 Å². The molecule has 1 aromatic heterocycles. The van der Waals surface area contributed by atoms with Gasteiger partial charge in [0.1, 0.15) is 11.4 Å². The molecule has 2 aromatic rings. The average Bonchev–Trinajstić information content (AvgIpc) is 2.64. The first-order valence-corrected chi connectivity index (χ1v) is 8.52. The van der Waals surface area contributed by atoms with E-state index < -0.39 is 5.91 Å². The van der Waals surface area contributed by atoms with Gasteiger partial charge in [-0.15, -0.1) is 0 Å². The first-order valence-electron chi connectivity index (χ1n) is 8.52. The molecule has 134 valence electrons. The fraction of sp³-hybridized carbons (Fsp3) is 0.389. The van der Waals surface area contributed by atoms with Crippen LogP contribution in [-0.4, -0.2) is 22.5 Å². The zero-order chi connectivity index (χ0) is 18.1. The van der Waals surface area contributed by atoms with Crippen molar-refractivity contribution in [1.29, 1.82) is 0 Å². The Balaban J connectivity index is 1.98. The lowest BCUT2D eigenvalue weighted by Crippen LogP contribution is -2.31. The SMILES string of the molecule is CCCCCCCOc1ccc(-c2cc(C(=O)NN)nc(N)n2)cc1. The van der Waals surface area contributed by atoms with Gasteiger partial charge in [-0.25, -0.2) is 15.8 Å². The number of unbranched alkanes of at least 4 members (excludes halogenated alkanes) is 4. The number of benzene rings is 1. The number of amides is 1. The number of nitrogens with two attached hydrogens (primary N) is 2. The summed E-state index contributed by atoms with van der Waals surface area (Å²) < 4.78 is 5.74. The molecule has 0 atom stereocenters. The molecular weight excluding hydrogens is 318 g/mol. The number of carbonyl (C=O) groups excluding carboxylic acids is 1. The zero-order valence-corrected chi connectivity index (χ0v) is 14.5. The third kappa shape index (κ3) is 5.72. The minimum Gasteiger partial charge on any atom is -0.494 e. The summed E-state index contributed by atoms with van der Waals surface area (Å²) in [4.78, 5) is 19.6. The normalized spacial score (nSPS) is 10.5. The third-order valence-corrected chi connectivity index (χ3v) is 3.77. The standard InChI is InChI=1S/C18H25N5O2/c1-2-3-4-5-6-11-25-14-9-7-13(8-10-14)15-12-16(17(24)23-20)22-18(19)21-15/h7-10,12H,2-6,11,20H2,1H3,(H,23,24)(H2,19,21,22). The molecule has 5 N–H and O–H groups in total. The maximum atomic E-state index is 11.6. The summed E-state index contributed by atoms with van der Waals surface area (Å²) >= 11 is 0. The van der Waals surface area contributed by atoms with E-state index in [0.29, 0.717) is 12.3 Å². The maximum absolute atomic E-state index is 11.6. The van der Waals surface area contributed by atoms with E-state index in [0.717, 1.165) is 17.7 Å². The molecule has 0 aliphatic rings. The second-order valence-corrected chi connectivity index (χ2v) is 5.76. The molecule has 0 bridgehead atoms. The monoisotopic (exact) mass is 343 g/mol. The number of nitrogen functional groups attached to an aromatic ring is 2. The van der Waals surface area contributed by atoms with Gasteiger partial charge >= 0.3 is 0 Å². The van der Waals surface area contributed by atoms with E-state index in [1.165, 1.54) is 25.7 Å². The summed E-state index contributed by atoms with van der Waals surface area (Å²) in [6.45, 7) is 2.92. The van der Waals surface area contributed by atoms with Crippen molar-refractivity contribution in [3.8, 4) is 17.0 Å². The highest BCUT2D eigenvalue weighted by molar-refractivity contribution is 5.93. The summed E-state index contributed by atoms with van der Waals surface area (Å²) in [5.74, 6) is 5.44. The van der Waals surface area contributed by atoms with E-state index in [1.54, 1.807) is 6.07 Å². The highest BCUT2D eigenvalue weighted by Crippen LogP contribution is 2.22. The van der Waals surface area contributed by atoms with E-state index in [9.17, 15) is 4.79 Å². The molecule has 0 fully saturated rings. The molecular formula is C18H25N5O2. The Hall–Kier alpha value is -2.67. The second-order valence-electron chi connectivity index (χ2n) is 5.76. The smallest absolute Gasteiger partial charge is 0.283 e. The highest BCUT2D eigenvalue weighted by atomic mass is 16.5. The Bertz CT molecular complexity index is 688. The molecule has 25 heavy (non-hydrogen) atoms. The number of rotatable bonds is 9. The predicted octanol–water partition coefficient (Wildman–Crippen LogP) is 2.68. The number of hydrazine groups is 1. The number of ether oxygens (including phenoxy) is 1. The molecule has 0 aliphatic carbocycles. The van der Waals surface area contributed by atoms with Gasteiger partial charge in [-0.05, 0) is 36.8 Å². The number of hydrogen-bond acceptors (Lipinski definition) is 6. The van der Waals surface area contributed by atoms with Gasteiger partial charge in [0.2, 0.25) is 5.95 Å². The Morgan fingerprint density at radius 3 is 2.52 bits per heavy atom. The quantitative estimate of drug-likeness (QED) is 0.279. The van der Waals surface area contributed by atoms with E-state index in [1.807, 2.05) is 29.7 Å². The van der Waals surface area contributed by atoms with Gasteiger partial charge in [-0.1, -0.05) is 32.6 Å². The van der Waals surface area contributed by atoms with Crippen LogP contribution >= 0.6 is 0 Å². The van der Waals surface area contributed by atoms with Crippen LogP contribution in [0.15, 0.2) is 30.3 Å². The number of hydrogen-bond donors (Lipinski definition) is 3. The van der Waals surface area contributed by atoms with Gasteiger partial charge in [0.25, 0.3) is 5.91 Å². The maximum Gasteiger partial charge on any atom is 0.283 e. The topological polar surface area (TPSA) is 116 Å². The minimum atomic E-state index is -0.515. The van der Waals surface area contributed by atoms with Crippen LogP contribution in [0.2, 0.25) is 0 Å². The molecule has 2 rings (SSSR count). The zero-order valence-electron chi connectivity index (χ0n) is 14.5. The van der Waals surface area contributed by atoms with Crippen molar-refractivity contribution in [2.75, 3.05) is 12.3 Å². The van der Waals surface area contributed by atoms with Gasteiger partial charge in [0, 0.05) is 5.56 Å². The van der Waals surface area contributed by atoms with Crippen molar-refractivity contribution in [3.05, 3.63) is 36.0 Å². The van der Waals surface area contributed by atoms with Crippen molar-refractivity contribution in [1.82, 2.24) is 15.4 Å². The molecule has 1 heterocycles. The lowest BCUT2D eigenvalue weighted by molar-refractivity contribution is 0.0948. The molecule has 1 amide bonds. The van der Waals surface area contributed by atoms with Crippen molar-refractivity contribution in [2.45, 2.75) is 39.0 Å². The van der Waals surface area contributed by atoms with Crippen molar-refractivity contribution in [3.63, 3.8) is 0 Å². The Kier molecular flexibility index (Phi) is 7.16. The summed E-state index contributed by atoms with van der Waals surface area (Å²) in [6, 6.07) is 9.05. The van der Waals surface area contributed by atoms with E-state index in [4.69, 9.17) is 16.3 Å². The Labute approximate surface area is 147 Å². The first-order chi connectivity index (χ1) is 12.1. The van der Waals surface area contributed by atoms with Crippen LogP contribution in [0, 0.1) is 0 Å². The van der Waals surface area contributed by atoms with Gasteiger partial charge in [-0.3, -0.25) is 10.2 Å². The minimum absolute atomic E-state index is 0.0171. The lowest BCUT2D eigenvalue weighted by atomic mass is 10.1. The molecule has 0 saturated heterocycles. The lowest BCUT2D eigenvalue weighted by Gasteiger charge is -2.08. The summed E-state index contributed by atoms with van der Waals surface area (Å²) in [5.41, 5.74) is 9.19. The molecule has 0 saturated carbocycles. The summed E-state index contributed by atoms with van der Waals surface area (Å²) in [7, 11) is 0. The number of anilines is 1. The molecule has 0 spiro atoms. The Morgan fingerprint density at radius 2 is 1.84 bits per heavy atom. The van der Waals surface area contributed by atoms with E-state index in [2.05, 4.69) is 16.9 Å². The molecule has 0 aliphatic heterocycles. The summed E-state index contributed by atoms with van der Waals surface area (Å²) in [5, 5.41) is 0. The summed E-state index contributed by atoms with van der Waals surface area (Å²) in [6.07, 6.45) is 6.03. The number of aromatic nitrogens is 2. The molecule has 1 aromatic carbocycles. The van der Waals surface area contributed by atoms with E-state index in [-0.39, 0.29) is 11.6 Å². The molecule has 7 heteroatoms. The molecule has 7 nitrogen and oxygen atoms in total. The largest absolute Gasteiger partial charge is 0.494 e. The highest BCUT2D eigenvalue weighted by Gasteiger charge is 2.10. The van der Waals surface area contributed by atoms with Gasteiger partial charge in [0.05, 0.1) is 12.3 Å². The van der Waals surface area contributed by atoms with Crippen LogP contribution in [0.3, 0.4) is 0 Å². The number of carbonyl (C=O) groups is 1. The van der Waals surface area contributed by atoms with Gasteiger partial charge in [0.15, 0.2) is 0 Å². The van der Waals surface area contributed by atoms with Crippen LogP contribution in [0.25, 0.3) is 11.3 Å². The van der Waals surface area contributed by atoms with Crippen molar-refractivity contribution < 1.29 is 9.53 Å². The number of nitrogens with one attached hydrogen (secondary N) is 1. The fourth-order valence-corrected chi connectivity index (χ4v) is 2.42. The van der Waals surface area contributed by atoms with Gasteiger partial charge < -0.3 is 10.5 Å². The predicted molar refractivity (Wildman–Crippen MR) is 97.8 cm³/mol. The Morgan fingerprint density at radius 1 is 1.12 bits per heavy atom. The average molecular weight is 343 g/mol. The second kappa shape index (κ2) is 9.58. The molecule has 0 radical (unpaired) electrons. The first kappa shape index (κ1) is 18.7.